The molecule has 4 nitrogen and oxygen atoms in total. The van der Waals surface area contributed by atoms with Crippen LogP contribution in [-0.4, -0.2) is 16.1 Å². The molecule has 0 aliphatic heterocycles. The highest BCUT2D eigenvalue weighted by atomic mass is 35.5. The first-order chi connectivity index (χ1) is 13.3. The lowest BCUT2D eigenvalue weighted by Gasteiger charge is -2.10. The summed E-state index contributed by atoms with van der Waals surface area (Å²) in [6.07, 6.45) is -3.01. The van der Waals surface area contributed by atoms with Crippen molar-refractivity contribution < 1.29 is 18.0 Å². The third-order valence-corrected chi connectivity index (χ3v) is 4.51. The maximum atomic E-state index is 12.8. The molecule has 2 aromatic carbocycles. The molecule has 0 radical (unpaired) electrons. The predicted molar refractivity (Wildman–Crippen MR) is 102 cm³/mol. The molecule has 0 saturated carbocycles. The van der Waals surface area contributed by atoms with Gasteiger partial charge in [-0.25, -0.2) is 0 Å². The van der Waals surface area contributed by atoms with Gasteiger partial charge in [0.2, 0.25) is 0 Å². The highest BCUT2D eigenvalue weighted by Gasteiger charge is 2.30. The van der Waals surface area contributed by atoms with Crippen molar-refractivity contribution in [3.63, 3.8) is 0 Å². The molecule has 1 aromatic heterocycles. The lowest BCUT2D eigenvalue weighted by Crippen LogP contribution is -2.14. The average molecular weight is 408 g/mol. The van der Waals surface area contributed by atoms with Gasteiger partial charge < -0.3 is 5.32 Å². The largest absolute Gasteiger partial charge is 0.416 e. The topological polar surface area (TPSA) is 57.8 Å². The number of alkyl halides is 3. The number of amides is 1. The van der Waals surface area contributed by atoms with E-state index in [9.17, 15) is 18.0 Å². The van der Waals surface area contributed by atoms with Crippen molar-refractivity contribution in [1.82, 2.24) is 10.2 Å². The minimum Gasteiger partial charge on any atom is -0.318 e. The Hall–Kier alpha value is -2.80. The molecule has 1 amide bonds. The number of anilines is 1. The van der Waals surface area contributed by atoms with Crippen molar-refractivity contribution >= 4 is 23.2 Å². The first-order valence-electron chi connectivity index (χ1n) is 8.62. The van der Waals surface area contributed by atoms with Gasteiger partial charge in [-0.05, 0) is 30.7 Å². The number of benzene rings is 2. The van der Waals surface area contributed by atoms with E-state index >= 15 is 0 Å². The number of rotatable bonds is 5. The molecular formula is C20H17ClF3N3O. The predicted octanol–water partition coefficient (Wildman–Crippen LogP) is 5.95. The quantitative estimate of drug-likeness (QED) is 0.548. The zero-order valence-electron chi connectivity index (χ0n) is 14.9. The molecule has 0 aliphatic carbocycles. The molecule has 28 heavy (non-hydrogen) atoms. The summed E-state index contributed by atoms with van der Waals surface area (Å²) in [5.74, 6) is -0.419. The Kier molecular flexibility index (Phi) is 5.74. The lowest BCUT2D eigenvalue weighted by atomic mass is 10.1. The summed E-state index contributed by atoms with van der Waals surface area (Å²) in [6, 6.07) is 11.3. The van der Waals surface area contributed by atoms with Gasteiger partial charge in [-0.3, -0.25) is 9.89 Å². The Morgan fingerprint density at radius 1 is 1.14 bits per heavy atom. The van der Waals surface area contributed by atoms with Gasteiger partial charge in [0.25, 0.3) is 5.91 Å². The van der Waals surface area contributed by atoms with Crippen LogP contribution in [0.5, 0.6) is 0 Å². The van der Waals surface area contributed by atoms with Gasteiger partial charge in [0.05, 0.1) is 27.5 Å². The van der Waals surface area contributed by atoms with E-state index in [0.717, 1.165) is 18.6 Å². The molecule has 2 N–H and O–H groups in total. The van der Waals surface area contributed by atoms with Crippen molar-refractivity contribution in [2.24, 2.45) is 0 Å². The van der Waals surface area contributed by atoms with Gasteiger partial charge in [-0.15, -0.1) is 0 Å². The van der Waals surface area contributed by atoms with Gasteiger partial charge in [-0.1, -0.05) is 49.2 Å². The number of nitrogens with one attached hydrogen (secondary N) is 2. The van der Waals surface area contributed by atoms with E-state index in [-0.39, 0.29) is 0 Å². The highest BCUT2D eigenvalue weighted by Crippen LogP contribution is 2.34. The summed E-state index contributed by atoms with van der Waals surface area (Å²) < 4.78 is 38.4. The number of aromatic amines is 1. The smallest absolute Gasteiger partial charge is 0.318 e. The Morgan fingerprint density at radius 2 is 1.82 bits per heavy atom. The van der Waals surface area contributed by atoms with E-state index in [1.807, 2.05) is 6.92 Å². The van der Waals surface area contributed by atoms with E-state index < -0.39 is 17.6 Å². The second-order valence-electron chi connectivity index (χ2n) is 6.18. The number of H-pyrrole nitrogens is 1. The van der Waals surface area contributed by atoms with E-state index in [1.165, 1.54) is 12.1 Å². The zero-order valence-corrected chi connectivity index (χ0v) is 15.7. The van der Waals surface area contributed by atoms with Gasteiger partial charge in [0.1, 0.15) is 5.69 Å². The van der Waals surface area contributed by atoms with Crippen LogP contribution < -0.4 is 5.32 Å². The van der Waals surface area contributed by atoms with Crippen LogP contribution in [0.15, 0.2) is 48.5 Å². The van der Waals surface area contributed by atoms with Crippen LogP contribution >= 0.6 is 11.6 Å². The molecule has 0 spiro atoms. The molecular weight excluding hydrogens is 391 g/mol. The Labute approximate surface area is 164 Å². The summed E-state index contributed by atoms with van der Waals surface area (Å²) in [5, 5.41) is 10.2. The summed E-state index contributed by atoms with van der Waals surface area (Å²) in [5.41, 5.74) is 1.51. The van der Waals surface area contributed by atoms with Gasteiger partial charge in [-0.2, -0.15) is 18.3 Å². The molecule has 8 heteroatoms. The summed E-state index contributed by atoms with van der Waals surface area (Å²) in [4.78, 5) is 12.7. The second-order valence-corrected chi connectivity index (χ2v) is 6.59. The number of aryl methyl sites for hydroxylation is 1. The minimum atomic E-state index is -4.42. The number of aromatic nitrogens is 2. The van der Waals surface area contributed by atoms with E-state index in [4.69, 9.17) is 11.6 Å². The summed E-state index contributed by atoms with van der Waals surface area (Å²) in [6.45, 7) is 1.97. The van der Waals surface area contributed by atoms with Gasteiger partial charge in [0, 0.05) is 5.56 Å². The molecule has 0 saturated heterocycles. The molecule has 0 fully saturated rings. The third kappa shape index (κ3) is 4.20. The number of hydrogen-bond acceptors (Lipinski definition) is 2. The fourth-order valence-corrected chi connectivity index (χ4v) is 3.02. The van der Waals surface area contributed by atoms with Gasteiger partial charge >= 0.3 is 6.18 Å². The molecule has 3 rings (SSSR count). The van der Waals surface area contributed by atoms with Crippen molar-refractivity contribution in [3.05, 3.63) is 70.4 Å². The van der Waals surface area contributed by atoms with Crippen LogP contribution in [0.1, 0.15) is 35.0 Å². The fourth-order valence-electron chi connectivity index (χ4n) is 2.80. The average Bonchev–Trinajstić information content (AvgIpc) is 3.04. The number of carbonyl (C=O) groups excluding carboxylic acids is 1. The lowest BCUT2D eigenvalue weighted by molar-refractivity contribution is -0.137. The van der Waals surface area contributed by atoms with Crippen LogP contribution in [0.3, 0.4) is 0 Å². The molecule has 0 bridgehead atoms. The van der Waals surface area contributed by atoms with Crippen molar-refractivity contribution in [3.8, 4) is 11.3 Å². The van der Waals surface area contributed by atoms with Crippen LogP contribution in [0.4, 0.5) is 18.9 Å². The van der Waals surface area contributed by atoms with Crippen molar-refractivity contribution in [2.75, 3.05) is 5.32 Å². The van der Waals surface area contributed by atoms with Crippen molar-refractivity contribution in [1.29, 1.82) is 0 Å². The van der Waals surface area contributed by atoms with Crippen molar-refractivity contribution in [2.45, 2.75) is 25.9 Å². The molecule has 146 valence electrons. The van der Waals surface area contributed by atoms with E-state index in [2.05, 4.69) is 15.5 Å². The molecule has 0 atom stereocenters. The first kappa shape index (κ1) is 19.9. The maximum Gasteiger partial charge on any atom is 0.416 e. The van der Waals surface area contributed by atoms with Crippen LogP contribution in [0.2, 0.25) is 5.02 Å². The number of hydrogen-bond donors (Lipinski definition) is 2. The SMILES string of the molecule is CCCc1[nH]nc(-c2ccc(C(F)(F)F)cc2)c1NC(=O)c1ccccc1Cl. The molecule has 3 aromatic rings. The minimum absolute atomic E-state index is 0.297. The zero-order chi connectivity index (χ0) is 20.3. The summed E-state index contributed by atoms with van der Waals surface area (Å²) >= 11 is 6.09. The Morgan fingerprint density at radius 3 is 2.43 bits per heavy atom. The first-order valence-corrected chi connectivity index (χ1v) is 8.99. The van der Waals surface area contributed by atoms with E-state index in [0.29, 0.717) is 39.6 Å². The Balaban J connectivity index is 1.97. The number of nitrogens with zero attached hydrogens (tertiary/aromatic N) is 1. The monoisotopic (exact) mass is 407 g/mol. The standard InChI is InChI=1S/C20H17ClF3N3O/c1-2-5-16-18(25-19(28)14-6-3-4-7-15(14)21)17(27-26-16)12-8-10-13(11-9-12)20(22,23)24/h3-4,6-11H,2,5H2,1H3,(H,25,28)(H,26,27). The molecule has 0 aliphatic rings. The normalized spacial score (nSPS) is 11.5. The fraction of sp³-hybridized carbons (Fsp3) is 0.200. The Bertz CT molecular complexity index is 981. The van der Waals surface area contributed by atoms with Gasteiger partial charge in [0.15, 0.2) is 0 Å². The van der Waals surface area contributed by atoms with E-state index in [1.54, 1.807) is 24.3 Å². The van der Waals surface area contributed by atoms with Crippen LogP contribution in [-0.2, 0) is 12.6 Å². The number of halogens is 4. The molecule has 1 heterocycles. The van der Waals surface area contributed by atoms with Crippen LogP contribution in [0, 0.1) is 0 Å². The number of carbonyl (C=O) groups is 1. The summed E-state index contributed by atoms with van der Waals surface area (Å²) in [7, 11) is 0. The highest BCUT2D eigenvalue weighted by molar-refractivity contribution is 6.34. The third-order valence-electron chi connectivity index (χ3n) is 4.18. The second kappa shape index (κ2) is 8.06. The van der Waals surface area contributed by atoms with Crippen LogP contribution in [0.25, 0.3) is 11.3 Å². The molecule has 0 unspecified atom stereocenters. The maximum absolute atomic E-state index is 12.8.